The largest absolute Gasteiger partial charge is 0.467 e. The van der Waals surface area contributed by atoms with Crippen LogP contribution in [0.2, 0.25) is 0 Å². The van der Waals surface area contributed by atoms with Crippen molar-refractivity contribution < 1.29 is 9.21 Å². The monoisotopic (exact) mass is 246 g/mol. The maximum absolute atomic E-state index is 11.0. The molecule has 0 atom stereocenters. The lowest BCUT2D eigenvalue weighted by Crippen LogP contribution is -2.22. The third kappa shape index (κ3) is 3.33. The van der Waals surface area contributed by atoms with Gasteiger partial charge in [0.05, 0.1) is 31.2 Å². The quantitative estimate of drug-likeness (QED) is 0.736. The Morgan fingerprint density at radius 2 is 2.28 bits per heavy atom. The maximum Gasteiger partial charge on any atom is 0.239 e. The lowest BCUT2D eigenvalue weighted by atomic mass is 10.3. The molecule has 2 aromatic heterocycles. The maximum atomic E-state index is 11.0. The molecule has 6 nitrogen and oxygen atoms in total. The van der Waals surface area contributed by atoms with Gasteiger partial charge in [0.1, 0.15) is 11.6 Å². The van der Waals surface area contributed by atoms with Gasteiger partial charge >= 0.3 is 0 Å². The molecule has 0 aliphatic rings. The Hall–Kier alpha value is -2.34. The van der Waals surface area contributed by atoms with Crippen molar-refractivity contribution in [2.24, 2.45) is 5.73 Å². The number of amides is 1. The van der Waals surface area contributed by atoms with Gasteiger partial charge in [-0.15, -0.1) is 0 Å². The van der Waals surface area contributed by atoms with Crippen molar-refractivity contribution in [2.75, 3.05) is 17.2 Å². The van der Waals surface area contributed by atoms with Crippen LogP contribution in [0.5, 0.6) is 0 Å². The van der Waals surface area contributed by atoms with Crippen LogP contribution in [0.3, 0.4) is 0 Å². The number of rotatable bonds is 5. The van der Waals surface area contributed by atoms with Crippen molar-refractivity contribution in [3.63, 3.8) is 0 Å². The van der Waals surface area contributed by atoms with Gasteiger partial charge in [-0.1, -0.05) is 0 Å². The Kier molecular flexibility index (Phi) is 3.93. The van der Waals surface area contributed by atoms with Gasteiger partial charge < -0.3 is 20.8 Å². The molecular weight excluding hydrogens is 232 g/mol. The summed E-state index contributed by atoms with van der Waals surface area (Å²) in [7, 11) is 0. The van der Waals surface area contributed by atoms with Crippen LogP contribution in [0.15, 0.2) is 41.1 Å². The molecule has 4 N–H and O–H groups in total. The number of hydrogen-bond donors (Lipinski definition) is 3. The molecule has 6 heteroatoms. The highest BCUT2D eigenvalue weighted by atomic mass is 16.3. The molecule has 2 heterocycles. The van der Waals surface area contributed by atoms with E-state index in [1.54, 1.807) is 18.5 Å². The third-order valence-corrected chi connectivity index (χ3v) is 2.26. The standard InChI is InChI=1S/C12H14N4O2/c13-6-12(17)16-11-4-3-9(7-15-11)14-8-10-2-1-5-18-10/h1-5,7,14H,6,8,13H2,(H,15,16,17). The molecular formula is C12H14N4O2. The minimum absolute atomic E-state index is 0.0554. The number of hydrogen-bond acceptors (Lipinski definition) is 5. The van der Waals surface area contributed by atoms with Crippen LogP contribution >= 0.6 is 0 Å². The molecule has 0 fully saturated rings. The van der Waals surface area contributed by atoms with E-state index >= 15 is 0 Å². The molecule has 0 unspecified atom stereocenters. The summed E-state index contributed by atoms with van der Waals surface area (Å²) in [5.41, 5.74) is 6.03. The molecule has 18 heavy (non-hydrogen) atoms. The second-order valence-electron chi connectivity index (χ2n) is 3.62. The van der Waals surface area contributed by atoms with Crippen molar-refractivity contribution in [3.8, 4) is 0 Å². The zero-order valence-electron chi connectivity index (χ0n) is 9.72. The number of furan rings is 1. The summed E-state index contributed by atoms with van der Waals surface area (Å²) in [4.78, 5) is 15.1. The van der Waals surface area contributed by atoms with Crippen molar-refractivity contribution in [1.29, 1.82) is 0 Å². The van der Waals surface area contributed by atoms with Gasteiger partial charge in [-0.25, -0.2) is 4.98 Å². The predicted molar refractivity (Wildman–Crippen MR) is 68.0 cm³/mol. The normalized spacial score (nSPS) is 10.1. The van der Waals surface area contributed by atoms with E-state index in [1.807, 2.05) is 18.2 Å². The van der Waals surface area contributed by atoms with Crippen molar-refractivity contribution >= 4 is 17.4 Å². The Morgan fingerprint density at radius 1 is 1.39 bits per heavy atom. The fraction of sp³-hybridized carbons (Fsp3) is 0.167. The fourth-order valence-electron chi connectivity index (χ4n) is 1.37. The van der Waals surface area contributed by atoms with Crippen LogP contribution in [0.25, 0.3) is 0 Å². The highest BCUT2D eigenvalue weighted by Crippen LogP contribution is 2.11. The molecule has 0 saturated carbocycles. The van der Waals surface area contributed by atoms with Gasteiger partial charge in [-0.3, -0.25) is 4.79 Å². The van der Waals surface area contributed by atoms with E-state index in [0.29, 0.717) is 12.4 Å². The first-order valence-electron chi connectivity index (χ1n) is 5.50. The van der Waals surface area contributed by atoms with Crippen LogP contribution < -0.4 is 16.4 Å². The Morgan fingerprint density at radius 3 is 2.89 bits per heavy atom. The van der Waals surface area contributed by atoms with Crippen molar-refractivity contribution in [1.82, 2.24) is 4.98 Å². The highest BCUT2D eigenvalue weighted by molar-refractivity contribution is 5.91. The summed E-state index contributed by atoms with van der Waals surface area (Å²) in [6, 6.07) is 7.25. The van der Waals surface area contributed by atoms with Gasteiger partial charge in [-0.05, 0) is 24.3 Å². The fourth-order valence-corrected chi connectivity index (χ4v) is 1.37. The van der Waals surface area contributed by atoms with E-state index in [9.17, 15) is 4.79 Å². The molecule has 1 amide bonds. The zero-order valence-corrected chi connectivity index (χ0v) is 9.72. The zero-order chi connectivity index (χ0) is 12.8. The van der Waals surface area contributed by atoms with Gasteiger partial charge in [0.2, 0.25) is 5.91 Å². The molecule has 0 bridgehead atoms. The van der Waals surface area contributed by atoms with Gasteiger partial charge in [0, 0.05) is 0 Å². The van der Waals surface area contributed by atoms with E-state index in [-0.39, 0.29) is 12.5 Å². The molecule has 2 rings (SSSR count). The Bertz CT molecular complexity index is 493. The van der Waals surface area contributed by atoms with Gasteiger partial charge in [-0.2, -0.15) is 0 Å². The summed E-state index contributed by atoms with van der Waals surface area (Å²) in [5, 5.41) is 5.72. The van der Waals surface area contributed by atoms with Crippen LogP contribution in [0.1, 0.15) is 5.76 Å². The van der Waals surface area contributed by atoms with Crippen molar-refractivity contribution in [2.45, 2.75) is 6.54 Å². The molecule has 0 aromatic carbocycles. The minimum Gasteiger partial charge on any atom is -0.467 e. The Labute approximate surface area is 104 Å². The number of nitrogens with one attached hydrogen (secondary N) is 2. The van der Waals surface area contributed by atoms with E-state index in [1.165, 1.54) is 0 Å². The highest BCUT2D eigenvalue weighted by Gasteiger charge is 2.01. The number of carbonyl (C=O) groups is 1. The molecule has 0 radical (unpaired) electrons. The number of anilines is 2. The van der Waals surface area contributed by atoms with Crippen molar-refractivity contribution in [3.05, 3.63) is 42.5 Å². The SMILES string of the molecule is NCC(=O)Nc1ccc(NCc2ccco2)cn1. The van der Waals surface area contributed by atoms with Crippen LogP contribution in [0.4, 0.5) is 11.5 Å². The van der Waals surface area contributed by atoms with E-state index in [4.69, 9.17) is 10.2 Å². The molecule has 94 valence electrons. The average Bonchev–Trinajstić information content (AvgIpc) is 2.91. The van der Waals surface area contributed by atoms with Gasteiger partial charge in [0.25, 0.3) is 0 Å². The minimum atomic E-state index is -0.265. The lowest BCUT2D eigenvalue weighted by molar-refractivity contribution is -0.114. The first kappa shape index (κ1) is 12.1. The predicted octanol–water partition coefficient (Wildman–Crippen LogP) is 1.18. The summed E-state index contributed by atoms with van der Waals surface area (Å²) in [6.45, 7) is 0.531. The second kappa shape index (κ2) is 5.83. The number of pyridine rings is 1. The molecule has 0 aliphatic heterocycles. The number of carbonyl (C=O) groups excluding carboxylic acids is 1. The number of nitrogens with zero attached hydrogens (tertiary/aromatic N) is 1. The number of nitrogens with two attached hydrogens (primary N) is 1. The van der Waals surface area contributed by atoms with E-state index < -0.39 is 0 Å². The molecule has 0 saturated heterocycles. The van der Waals surface area contributed by atoms with Crippen LogP contribution in [-0.2, 0) is 11.3 Å². The topological polar surface area (TPSA) is 93.2 Å². The summed E-state index contributed by atoms with van der Waals surface area (Å²) >= 11 is 0. The number of aromatic nitrogens is 1. The summed E-state index contributed by atoms with van der Waals surface area (Å²) in [6.07, 6.45) is 3.26. The smallest absolute Gasteiger partial charge is 0.239 e. The van der Waals surface area contributed by atoms with E-state index in [2.05, 4.69) is 15.6 Å². The third-order valence-electron chi connectivity index (χ3n) is 2.26. The molecule has 2 aromatic rings. The Balaban J connectivity index is 1.89. The van der Waals surface area contributed by atoms with Crippen LogP contribution in [0, 0.1) is 0 Å². The van der Waals surface area contributed by atoms with Gasteiger partial charge in [0.15, 0.2) is 0 Å². The van der Waals surface area contributed by atoms with Crippen LogP contribution in [-0.4, -0.2) is 17.4 Å². The molecule has 0 spiro atoms. The molecule has 0 aliphatic carbocycles. The summed E-state index contributed by atoms with van der Waals surface area (Å²) in [5.74, 6) is 1.06. The van der Waals surface area contributed by atoms with E-state index in [0.717, 1.165) is 11.4 Å². The lowest BCUT2D eigenvalue weighted by Gasteiger charge is -2.06. The first-order chi connectivity index (χ1) is 8.78. The average molecular weight is 246 g/mol. The summed E-state index contributed by atoms with van der Waals surface area (Å²) < 4.78 is 5.19. The second-order valence-corrected chi connectivity index (χ2v) is 3.62. The first-order valence-corrected chi connectivity index (χ1v) is 5.50.